The molecule has 0 aliphatic carbocycles. The summed E-state index contributed by atoms with van der Waals surface area (Å²) in [5.74, 6) is -1.31. The molecule has 8 heteroatoms. The zero-order valence-electron chi connectivity index (χ0n) is 16.0. The molecule has 6 nitrogen and oxygen atoms in total. The van der Waals surface area contributed by atoms with Crippen LogP contribution in [0, 0.1) is 0 Å². The number of urea groups is 1. The van der Waals surface area contributed by atoms with E-state index in [1.807, 2.05) is 41.1 Å². The van der Waals surface area contributed by atoms with Crippen molar-refractivity contribution in [1.82, 2.24) is 14.8 Å². The minimum absolute atomic E-state index is 0.0797. The summed E-state index contributed by atoms with van der Waals surface area (Å²) in [6.45, 7) is 2.33. The summed E-state index contributed by atoms with van der Waals surface area (Å²) in [5, 5.41) is 4.20. The quantitative estimate of drug-likeness (QED) is 0.479. The Hall–Kier alpha value is -3.09. The van der Waals surface area contributed by atoms with Crippen LogP contribution in [0.4, 0.5) is 4.79 Å². The van der Waals surface area contributed by atoms with Gasteiger partial charge in [0.2, 0.25) is 0 Å². The Bertz CT molecular complexity index is 1230. The van der Waals surface area contributed by atoms with Gasteiger partial charge in [-0.25, -0.2) is 4.79 Å². The van der Waals surface area contributed by atoms with Crippen molar-refractivity contribution in [2.75, 3.05) is 6.54 Å². The van der Waals surface area contributed by atoms with Gasteiger partial charge in [0, 0.05) is 45.8 Å². The lowest BCUT2D eigenvalue weighted by atomic mass is 10.1. The number of hydrogen-bond donors (Lipinski definition) is 1. The van der Waals surface area contributed by atoms with Gasteiger partial charge in [0.15, 0.2) is 0 Å². The Kier molecular flexibility index (Phi) is 5.37. The number of imide groups is 2. The second-order valence-electron chi connectivity index (χ2n) is 6.83. The lowest BCUT2D eigenvalue weighted by Crippen LogP contribution is -2.53. The summed E-state index contributed by atoms with van der Waals surface area (Å²) in [6, 6.07) is 12.3. The summed E-state index contributed by atoms with van der Waals surface area (Å²) < 4.78 is 1.99. The zero-order chi connectivity index (χ0) is 21.4. The first kappa shape index (κ1) is 20.2. The monoisotopic (exact) mass is 441 g/mol. The molecule has 2 aromatic carbocycles. The first-order valence-electron chi connectivity index (χ1n) is 9.29. The Morgan fingerprint density at radius 1 is 1.07 bits per heavy atom. The third-order valence-corrected chi connectivity index (χ3v) is 5.56. The number of nitrogens with one attached hydrogen (secondary N) is 1. The van der Waals surface area contributed by atoms with E-state index in [1.165, 1.54) is 6.08 Å². The van der Waals surface area contributed by atoms with Crippen LogP contribution in [0.25, 0.3) is 17.0 Å². The number of amides is 4. The number of likely N-dealkylation sites (N-methyl/N-ethyl adjacent to an activating group) is 1. The molecule has 0 radical (unpaired) electrons. The summed E-state index contributed by atoms with van der Waals surface area (Å²) >= 11 is 12.3. The molecule has 0 spiro atoms. The maximum absolute atomic E-state index is 12.6. The average molecular weight is 442 g/mol. The van der Waals surface area contributed by atoms with Gasteiger partial charge in [0.1, 0.15) is 5.57 Å². The average Bonchev–Trinajstić information content (AvgIpc) is 3.05. The van der Waals surface area contributed by atoms with Crippen LogP contribution in [-0.4, -0.2) is 33.9 Å². The summed E-state index contributed by atoms with van der Waals surface area (Å²) in [6.07, 6.45) is 3.38. The van der Waals surface area contributed by atoms with E-state index in [0.717, 1.165) is 21.4 Å². The number of aromatic nitrogens is 1. The number of halogens is 2. The molecule has 0 saturated carbocycles. The van der Waals surface area contributed by atoms with Gasteiger partial charge in [-0.05, 0) is 36.8 Å². The van der Waals surface area contributed by atoms with Crippen LogP contribution in [0.3, 0.4) is 0 Å². The van der Waals surface area contributed by atoms with Crippen molar-refractivity contribution in [3.8, 4) is 0 Å². The zero-order valence-corrected chi connectivity index (χ0v) is 17.5. The molecule has 1 aromatic heterocycles. The Labute approximate surface area is 182 Å². The van der Waals surface area contributed by atoms with E-state index in [4.69, 9.17) is 23.2 Å². The van der Waals surface area contributed by atoms with Gasteiger partial charge >= 0.3 is 6.03 Å². The number of rotatable bonds is 4. The van der Waals surface area contributed by atoms with Gasteiger partial charge in [-0.2, -0.15) is 0 Å². The molecule has 152 valence electrons. The van der Waals surface area contributed by atoms with Gasteiger partial charge in [-0.1, -0.05) is 47.5 Å². The van der Waals surface area contributed by atoms with Gasteiger partial charge in [0.25, 0.3) is 11.8 Å². The highest BCUT2D eigenvalue weighted by Crippen LogP contribution is 2.28. The third-order valence-electron chi connectivity index (χ3n) is 4.98. The minimum Gasteiger partial charge on any atom is -0.342 e. The molecule has 1 aliphatic heterocycles. The molecule has 0 atom stereocenters. The van der Waals surface area contributed by atoms with Crippen LogP contribution in [0.15, 0.2) is 54.2 Å². The second kappa shape index (κ2) is 7.97. The van der Waals surface area contributed by atoms with Crippen molar-refractivity contribution in [2.24, 2.45) is 0 Å². The fourth-order valence-electron chi connectivity index (χ4n) is 3.49. The van der Waals surface area contributed by atoms with Crippen molar-refractivity contribution in [1.29, 1.82) is 0 Å². The van der Waals surface area contributed by atoms with Gasteiger partial charge in [-0.15, -0.1) is 0 Å². The predicted octanol–water partition coefficient (Wildman–Crippen LogP) is 4.48. The van der Waals surface area contributed by atoms with Crippen molar-refractivity contribution in [2.45, 2.75) is 13.5 Å². The van der Waals surface area contributed by atoms with Crippen LogP contribution in [0.1, 0.15) is 18.1 Å². The first-order chi connectivity index (χ1) is 14.4. The number of fused-ring (bicyclic) bond motifs is 1. The van der Waals surface area contributed by atoms with E-state index in [-0.39, 0.29) is 12.1 Å². The van der Waals surface area contributed by atoms with E-state index in [1.54, 1.807) is 19.1 Å². The van der Waals surface area contributed by atoms with Crippen molar-refractivity contribution in [3.05, 3.63) is 75.4 Å². The van der Waals surface area contributed by atoms with E-state index < -0.39 is 17.8 Å². The number of nitrogens with zero attached hydrogens (tertiary/aromatic N) is 2. The predicted molar refractivity (Wildman–Crippen MR) is 116 cm³/mol. The maximum atomic E-state index is 12.6. The SMILES string of the molecule is CCN1C(=O)NC(=O)/C(=C\c2cn(Cc3ccc(Cl)cc3Cl)c3ccccc23)C1=O. The molecule has 1 aliphatic rings. The molecule has 1 saturated heterocycles. The largest absolute Gasteiger partial charge is 0.342 e. The number of carbonyl (C=O) groups excluding carboxylic acids is 3. The standard InChI is InChI=1S/C22H17Cl2N3O3/c1-2-27-21(29)17(20(28)25-22(27)30)9-14-12-26(19-6-4-3-5-16(14)19)11-13-7-8-15(23)10-18(13)24/h3-10,12H,2,11H2,1H3,(H,25,28,30)/b17-9+. The smallest absolute Gasteiger partial charge is 0.331 e. The molecule has 3 aromatic rings. The minimum atomic E-state index is -0.704. The van der Waals surface area contributed by atoms with Crippen LogP contribution < -0.4 is 5.32 Å². The first-order valence-corrected chi connectivity index (χ1v) is 10.0. The number of barbiturate groups is 1. The molecule has 4 rings (SSSR count). The number of para-hydroxylation sites is 1. The highest BCUT2D eigenvalue weighted by molar-refractivity contribution is 6.35. The number of carbonyl (C=O) groups is 3. The number of hydrogen-bond acceptors (Lipinski definition) is 3. The molecule has 0 bridgehead atoms. The summed E-state index contributed by atoms with van der Waals surface area (Å²) in [5.41, 5.74) is 2.42. The van der Waals surface area contributed by atoms with Crippen molar-refractivity contribution >= 4 is 58.0 Å². The molecule has 1 N–H and O–H groups in total. The van der Waals surface area contributed by atoms with Crippen LogP contribution >= 0.6 is 23.2 Å². The van der Waals surface area contributed by atoms with E-state index in [0.29, 0.717) is 22.2 Å². The summed E-state index contributed by atoms with van der Waals surface area (Å²) in [7, 11) is 0. The molecular formula is C22H17Cl2N3O3. The molecule has 30 heavy (non-hydrogen) atoms. The molecular weight excluding hydrogens is 425 g/mol. The highest BCUT2D eigenvalue weighted by atomic mass is 35.5. The second-order valence-corrected chi connectivity index (χ2v) is 7.68. The van der Waals surface area contributed by atoms with Crippen LogP contribution in [-0.2, 0) is 16.1 Å². The van der Waals surface area contributed by atoms with Gasteiger partial charge in [0.05, 0.1) is 0 Å². The normalized spacial score (nSPS) is 15.9. The number of benzene rings is 2. The van der Waals surface area contributed by atoms with E-state index in [2.05, 4.69) is 5.32 Å². The molecule has 2 heterocycles. The van der Waals surface area contributed by atoms with Gasteiger partial charge in [-0.3, -0.25) is 19.8 Å². The Balaban J connectivity index is 1.79. The van der Waals surface area contributed by atoms with E-state index >= 15 is 0 Å². The topological polar surface area (TPSA) is 71.4 Å². The Morgan fingerprint density at radius 2 is 1.83 bits per heavy atom. The molecule has 0 unspecified atom stereocenters. The fraction of sp³-hybridized carbons (Fsp3) is 0.136. The highest BCUT2D eigenvalue weighted by Gasteiger charge is 2.34. The lowest BCUT2D eigenvalue weighted by Gasteiger charge is -2.24. The van der Waals surface area contributed by atoms with Crippen molar-refractivity contribution in [3.63, 3.8) is 0 Å². The van der Waals surface area contributed by atoms with E-state index in [9.17, 15) is 14.4 Å². The van der Waals surface area contributed by atoms with Crippen molar-refractivity contribution < 1.29 is 14.4 Å². The van der Waals surface area contributed by atoms with Gasteiger partial charge < -0.3 is 4.57 Å². The molecule has 4 amide bonds. The maximum Gasteiger partial charge on any atom is 0.331 e. The van der Waals surface area contributed by atoms with Crippen LogP contribution in [0.2, 0.25) is 10.0 Å². The van der Waals surface area contributed by atoms with Crippen LogP contribution in [0.5, 0.6) is 0 Å². The Morgan fingerprint density at radius 3 is 2.57 bits per heavy atom. The molecule has 1 fully saturated rings. The lowest BCUT2D eigenvalue weighted by molar-refractivity contribution is -0.129. The third kappa shape index (κ3) is 3.60. The summed E-state index contributed by atoms with van der Waals surface area (Å²) in [4.78, 5) is 37.8. The fourth-order valence-corrected chi connectivity index (χ4v) is 3.96.